The van der Waals surface area contributed by atoms with E-state index in [2.05, 4.69) is 5.43 Å². The SMILES string of the molecule is O=C(NN1CCCC1)c1cc(-c2ccc(Cl)cc2)c(-c2ccc(Cl)cc2Cl)s1. The van der Waals surface area contributed by atoms with Crippen LogP contribution in [0.2, 0.25) is 15.1 Å². The van der Waals surface area contributed by atoms with Crippen molar-refractivity contribution in [2.75, 3.05) is 13.1 Å². The Bertz CT molecular complexity index is 1010. The van der Waals surface area contributed by atoms with Crippen LogP contribution < -0.4 is 5.43 Å². The zero-order chi connectivity index (χ0) is 19.7. The van der Waals surface area contributed by atoms with E-state index < -0.39 is 0 Å². The number of nitrogens with zero attached hydrogens (tertiary/aromatic N) is 1. The Hall–Kier alpha value is -1.56. The van der Waals surface area contributed by atoms with Gasteiger partial charge in [-0.15, -0.1) is 11.3 Å². The van der Waals surface area contributed by atoms with Crippen LogP contribution in [0.25, 0.3) is 21.6 Å². The van der Waals surface area contributed by atoms with Crippen LogP contribution >= 0.6 is 46.1 Å². The maximum absolute atomic E-state index is 12.8. The smallest absolute Gasteiger partial charge is 0.275 e. The Morgan fingerprint density at radius 2 is 1.57 bits per heavy atom. The summed E-state index contributed by atoms with van der Waals surface area (Å²) in [6.45, 7) is 1.77. The zero-order valence-corrected chi connectivity index (χ0v) is 17.9. The Morgan fingerprint density at radius 3 is 2.25 bits per heavy atom. The predicted octanol–water partition coefficient (Wildman–Crippen LogP) is 6.78. The molecule has 1 aromatic heterocycles. The van der Waals surface area contributed by atoms with Gasteiger partial charge in [0.25, 0.3) is 5.91 Å². The number of hydrogen-bond acceptors (Lipinski definition) is 3. The number of amides is 1. The molecule has 1 aliphatic heterocycles. The van der Waals surface area contributed by atoms with Gasteiger partial charge in [-0.2, -0.15) is 0 Å². The van der Waals surface area contributed by atoms with Gasteiger partial charge in [-0.05, 0) is 48.7 Å². The van der Waals surface area contributed by atoms with Gasteiger partial charge in [0.1, 0.15) is 0 Å². The number of carbonyl (C=O) groups is 1. The van der Waals surface area contributed by atoms with E-state index >= 15 is 0 Å². The van der Waals surface area contributed by atoms with Crippen LogP contribution in [0.15, 0.2) is 48.5 Å². The molecule has 2 aromatic carbocycles. The number of rotatable bonds is 4. The number of nitrogens with one attached hydrogen (secondary N) is 1. The van der Waals surface area contributed by atoms with Crippen LogP contribution in [-0.2, 0) is 0 Å². The maximum Gasteiger partial charge on any atom is 0.275 e. The van der Waals surface area contributed by atoms with Crippen LogP contribution in [0.1, 0.15) is 22.5 Å². The Labute approximate surface area is 182 Å². The van der Waals surface area contributed by atoms with Gasteiger partial charge in [-0.25, -0.2) is 5.01 Å². The molecule has 1 fully saturated rings. The highest BCUT2D eigenvalue weighted by Crippen LogP contribution is 2.43. The van der Waals surface area contributed by atoms with E-state index in [-0.39, 0.29) is 5.91 Å². The average Bonchev–Trinajstić information content (AvgIpc) is 3.32. The van der Waals surface area contributed by atoms with Crippen LogP contribution in [-0.4, -0.2) is 24.0 Å². The molecule has 28 heavy (non-hydrogen) atoms. The van der Waals surface area contributed by atoms with Gasteiger partial charge in [0.15, 0.2) is 0 Å². The fourth-order valence-corrected chi connectivity index (χ4v) is 5.04. The lowest BCUT2D eigenvalue weighted by Crippen LogP contribution is -2.39. The molecule has 0 saturated carbocycles. The number of hydrazine groups is 1. The van der Waals surface area contributed by atoms with E-state index in [4.69, 9.17) is 34.8 Å². The second-order valence-corrected chi connectivity index (χ2v) is 8.95. The summed E-state index contributed by atoms with van der Waals surface area (Å²) in [5.74, 6) is -0.0987. The highest BCUT2D eigenvalue weighted by Gasteiger charge is 2.21. The minimum Gasteiger partial charge on any atom is -0.284 e. The summed E-state index contributed by atoms with van der Waals surface area (Å²) in [6, 6.07) is 14.9. The minimum atomic E-state index is -0.0987. The predicted molar refractivity (Wildman–Crippen MR) is 118 cm³/mol. The van der Waals surface area contributed by atoms with Gasteiger partial charge in [0.05, 0.1) is 9.90 Å². The van der Waals surface area contributed by atoms with Crippen molar-refractivity contribution in [2.45, 2.75) is 12.8 Å². The molecule has 2 heterocycles. The highest BCUT2D eigenvalue weighted by atomic mass is 35.5. The van der Waals surface area contributed by atoms with Crippen molar-refractivity contribution in [3.8, 4) is 21.6 Å². The van der Waals surface area contributed by atoms with E-state index in [9.17, 15) is 4.79 Å². The molecular weight excluding hydrogens is 435 g/mol. The van der Waals surface area contributed by atoms with Crippen LogP contribution in [0.5, 0.6) is 0 Å². The number of carbonyl (C=O) groups excluding carboxylic acids is 1. The summed E-state index contributed by atoms with van der Waals surface area (Å²) in [5, 5.41) is 3.76. The summed E-state index contributed by atoms with van der Waals surface area (Å²) >= 11 is 20.0. The average molecular weight is 452 g/mol. The van der Waals surface area contributed by atoms with Gasteiger partial charge in [0.2, 0.25) is 0 Å². The number of halogens is 3. The van der Waals surface area contributed by atoms with E-state index in [1.807, 2.05) is 41.4 Å². The molecule has 0 unspecified atom stereocenters. The van der Waals surface area contributed by atoms with E-state index in [1.165, 1.54) is 11.3 Å². The van der Waals surface area contributed by atoms with Crippen molar-refractivity contribution < 1.29 is 4.79 Å². The quantitative estimate of drug-likeness (QED) is 0.474. The monoisotopic (exact) mass is 450 g/mol. The Morgan fingerprint density at radius 1 is 0.893 bits per heavy atom. The fourth-order valence-electron chi connectivity index (χ4n) is 3.25. The Kier molecular flexibility index (Phi) is 5.95. The minimum absolute atomic E-state index is 0.0987. The third-order valence-corrected chi connectivity index (χ3v) is 6.62. The van der Waals surface area contributed by atoms with Crippen LogP contribution in [0.3, 0.4) is 0 Å². The molecule has 1 saturated heterocycles. The number of benzene rings is 2. The number of thiophene rings is 1. The lowest BCUT2D eigenvalue weighted by molar-refractivity contribution is 0.0830. The van der Waals surface area contributed by atoms with Crippen LogP contribution in [0.4, 0.5) is 0 Å². The third-order valence-electron chi connectivity index (χ3n) is 4.65. The van der Waals surface area contributed by atoms with Crippen molar-refractivity contribution in [1.29, 1.82) is 0 Å². The van der Waals surface area contributed by atoms with Crippen molar-refractivity contribution in [1.82, 2.24) is 10.4 Å². The fraction of sp³-hybridized carbons (Fsp3) is 0.190. The molecule has 1 aliphatic rings. The molecule has 144 valence electrons. The molecular formula is C21H17Cl3N2OS. The molecule has 7 heteroatoms. The topological polar surface area (TPSA) is 32.3 Å². The van der Waals surface area contributed by atoms with Crippen molar-refractivity contribution >= 4 is 52.0 Å². The first-order chi connectivity index (χ1) is 13.5. The van der Waals surface area contributed by atoms with Gasteiger partial charge in [-0.3, -0.25) is 10.2 Å². The number of hydrogen-bond donors (Lipinski definition) is 1. The van der Waals surface area contributed by atoms with Gasteiger partial charge < -0.3 is 0 Å². The molecule has 3 nitrogen and oxygen atoms in total. The standard InChI is InChI=1S/C21H17Cl3N2OS/c22-14-5-3-13(4-6-14)17-12-19(21(27)25-26-9-1-2-10-26)28-20(17)16-8-7-15(23)11-18(16)24/h3-8,11-12H,1-2,9-10H2,(H,25,27). The summed E-state index contributed by atoms with van der Waals surface area (Å²) in [4.78, 5) is 14.4. The molecule has 1 N–H and O–H groups in total. The summed E-state index contributed by atoms with van der Waals surface area (Å²) in [6.07, 6.45) is 2.21. The normalized spacial score (nSPS) is 14.4. The van der Waals surface area contributed by atoms with Crippen molar-refractivity contribution in [2.24, 2.45) is 0 Å². The first kappa shape index (κ1) is 19.7. The van der Waals surface area contributed by atoms with E-state index in [0.717, 1.165) is 47.5 Å². The largest absolute Gasteiger partial charge is 0.284 e. The lowest BCUT2D eigenvalue weighted by Gasteiger charge is -2.15. The molecule has 0 bridgehead atoms. The molecule has 0 radical (unpaired) electrons. The molecule has 1 amide bonds. The van der Waals surface area contributed by atoms with E-state index in [0.29, 0.717) is 19.9 Å². The van der Waals surface area contributed by atoms with E-state index in [1.54, 1.807) is 12.1 Å². The Balaban J connectivity index is 1.77. The first-order valence-corrected chi connectivity index (χ1v) is 10.9. The van der Waals surface area contributed by atoms with Crippen LogP contribution in [0, 0.1) is 0 Å². The summed E-state index contributed by atoms with van der Waals surface area (Å²) in [7, 11) is 0. The summed E-state index contributed by atoms with van der Waals surface area (Å²) in [5.41, 5.74) is 5.77. The second-order valence-electron chi connectivity index (χ2n) is 6.62. The lowest BCUT2D eigenvalue weighted by atomic mass is 10.0. The first-order valence-electron chi connectivity index (χ1n) is 8.92. The third kappa shape index (κ3) is 4.22. The van der Waals surface area contributed by atoms with Gasteiger partial charge >= 0.3 is 0 Å². The zero-order valence-electron chi connectivity index (χ0n) is 14.8. The van der Waals surface area contributed by atoms with Gasteiger partial charge in [0, 0.05) is 39.1 Å². The molecule has 0 spiro atoms. The van der Waals surface area contributed by atoms with Gasteiger partial charge in [-0.1, -0.05) is 53.0 Å². The molecule has 4 rings (SSSR count). The van der Waals surface area contributed by atoms with Crippen molar-refractivity contribution in [3.05, 3.63) is 68.5 Å². The molecule has 0 aliphatic carbocycles. The van der Waals surface area contributed by atoms with Crippen molar-refractivity contribution in [3.63, 3.8) is 0 Å². The molecule has 0 atom stereocenters. The highest BCUT2D eigenvalue weighted by molar-refractivity contribution is 7.18. The second kappa shape index (κ2) is 8.44. The summed E-state index contributed by atoms with van der Waals surface area (Å²) < 4.78 is 0. The molecule has 3 aromatic rings. The maximum atomic E-state index is 12.8.